The largest absolute Gasteiger partial charge is 0.407 e. The van der Waals surface area contributed by atoms with Crippen molar-refractivity contribution in [2.24, 2.45) is 0 Å². The number of alkyl halides is 3. The summed E-state index contributed by atoms with van der Waals surface area (Å²) in [6.07, 6.45) is -4.31. The summed E-state index contributed by atoms with van der Waals surface area (Å²) in [7, 11) is 1.28. The second kappa shape index (κ2) is 4.84. The van der Waals surface area contributed by atoms with Crippen LogP contribution in [0.5, 0.6) is 0 Å². The predicted molar refractivity (Wildman–Crippen MR) is 59.7 cm³/mol. The van der Waals surface area contributed by atoms with E-state index in [9.17, 15) is 13.2 Å². The first-order valence-corrected chi connectivity index (χ1v) is 5.63. The molecule has 1 aromatic rings. The van der Waals surface area contributed by atoms with Gasteiger partial charge in [-0.25, -0.2) is 0 Å². The monoisotopic (exact) mass is 345 g/mol. The van der Waals surface area contributed by atoms with Crippen molar-refractivity contribution >= 4 is 31.9 Å². The van der Waals surface area contributed by atoms with E-state index < -0.39 is 12.2 Å². The molecule has 0 aromatic heterocycles. The van der Waals surface area contributed by atoms with E-state index in [4.69, 9.17) is 0 Å². The Morgan fingerprint density at radius 3 is 2.33 bits per heavy atom. The van der Waals surface area contributed by atoms with E-state index in [2.05, 4.69) is 37.2 Å². The third-order valence-electron chi connectivity index (χ3n) is 1.89. The summed E-state index contributed by atoms with van der Waals surface area (Å²) in [4.78, 5) is 0. The van der Waals surface area contributed by atoms with Crippen LogP contribution in [0.2, 0.25) is 0 Å². The van der Waals surface area contributed by atoms with E-state index in [-0.39, 0.29) is 5.56 Å². The second-order valence-corrected chi connectivity index (χ2v) is 4.70. The molecule has 0 amide bonds. The zero-order chi connectivity index (χ0) is 11.6. The Balaban J connectivity index is 3.18. The molecule has 0 aliphatic rings. The molecule has 1 atom stereocenters. The van der Waals surface area contributed by atoms with Crippen molar-refractivity contribution < 1.29 is 13.2 Å². The number of rotatable bonds is 2. The molecule has 0 heterocycles. The number of benzene rings is 1. The van der Waals surface area contributed by atoms with Crippen LogP contribution in [0, 0.1) is 0 Å². The summed E-state index contributed by atoms with van der Waals surface area (Å²) in [5, 5.41) is 2.25. The maximum Gasteiger partial charge on any atom is 0.407 e. The third kappa shape index (κ3) is 3.19. The highest BCUT2D eigenvalue weighted by Gasteiger charge is 2.40. The lowest BCUT2D eigenvalue weighted by atomic mass is 10.1. The van der Waals surface area contributed by atoms with Gasteiger partial charge < -0.3 is 5.32 Å². The lowest BCUT2D eigenvalue weighted by Gasteiger charge is -2.21. The first kappa shape index (κ1) is 13.0. The van der Waals surface area contributed by atoms with Crippen LogP contribution in [0.25, 0.3) is 0 Å². The Morgan fingerprint density at radius 2 is 1.87 bits per heavy atom. The fourth-order valence-corrected chi connectivity index (χ4v) is 2.09. The SMILES string of the molecule is CNC(c1cc(Br)ccc1Br)C(F)(F)F. The van der Waals surface area contributed by atoms with Gasteiger partial charge in [-0.15, -0.1) is 0 Å². The minimum atomic E-state index is -4.31. The Kier molecular flexibility index (Phi) is 4.20. The Bertz CT molecular complexity index is 352. The summed E-state index contributed by atoms with van der Waals surface area (Å²) >= 11 is 6.25. The standard InChI is InChI=1S/C9H8Br2F3N/c1-15-8(9(12,13)14)6-4-5(10)2-3-7(6)11/h2-4,8,15H,1H3. The molecular formula is C9H8Br2F3N. The first-order valence-electron chi connectivity index (χ1n) is 4.05. The maximum atomic E-state index is 12.6. The molecule has 84 valence electrons. The maximum absolute atomic E-state index is 12.6. The molecule has 0 saturated carbocycles. The minimum Gasteiger partial charge on any atom is -0.306 e. The molecule has 0 spiro atoms. The van der Waals surface area contributed by atoms with Gasteiger partial charge in [0.2, 0.25) is 0 Å². The number of hydrogen-bond donors (Lipinski definition) is 1. The van der Waals surface area contributed by atoms with E-state index in [1.165, 1.54) is 13.1 Å². The van der Waals surface area contributed by atoms with E-state index in [0.29, 0.717) is 8.95 Å². The topological polar surface area (TPSA) is 12.0 Å². The molecule has 0 bridgehead atoms. The van der Waals surface area contributed by atoms with Crippen LogP contribution in [-0.4, -0.2) is 13.2 Å². The van der Waals surface area contributed by atoms with Gasteiger partial charge in [0.15, 0.2) is 0 Å². The highest BCUT2D eigenvalue weighted by atomic mass is 79.9. The van der Waals surface area contributed by atoms with Crippen LogP contribution in [0.4, 0.5) is 13.2 Å². The number of hydrogen-bond acceptors (Lipinski definition) is 1. The highest BCUT2D eigenvalue weighted by molar-refractivity contribution is 9.11. The van der Waals surface area contributed by atoms with Crippen molar-refractivity contribution in [3.63, 3.8) is 0 Å². The summed E-state index contributed by atoms with van der Waals surface area (Å²) in [5.74, 6) is 0. The molecule has 0 fully saturated rings. The van der Waals surface area contributed by atoms with Gasteiger partial charge >= 0.3 is 6.18 Å². The predicted octanol–water partition coefficient (Wildman–Crippen LogP) is 4.03. The molecule has 1 aromatic carbocycles. The summed E-state index contributed by atoms with van der Waals surface area (Å²) in [5.41, 5.74) is 0.166. The van der Waals surface area contributed by atoms with E-state index in [0.717, 1.165) is 0 Å². The van der Waals surface area contributed by atoms with Crippen molar-refractivity contribution in [2.45, 2.75) is 12.2 Å². The normalized spacial score (nSPS) is 14.0. The van der Waals surface area contributed by atoms with Gasteiger partial charge in [0.05, 0.1) is 0 Å². The Hall–Kier alpha value is -0.0700. The van der Waals surface area contributed by atoms with Gasteiger partial charge in [-0.05, 0) is 30.8 Å². The Morgan fingerprint density at radius 1 is 1.27 bits per heavy atom. The van der Waals surface area contributed by atoms with Gasteiger partial charge in [0, 0.05) is 8.95 Å². The molecule has 1 nitrogen and oxygen atoms in total. The summed E-state index contributed by atoms with van der Waals surface area (Å²) in [6.45, 7) is 0. The Labute approximate surface area is 102 Å². The summed E-state index contributed by atoms with van der Waals surface area (Å²) < 4.78 is 38.9. The average molecular weight is 347 g/mol. The fourth-order valence-electron chi connectivity index (χ4n) is 1.23. The zero-order valence-electron chi connectivity index (χ0n) is 7.70. The molecule has 1 rings (SSSR count). The van der Waals surface area contributed by atoms with Crippen molar-refractivity contribution in [2.75, 3.05) is 7.05 Å². The molecule has 15 heavy (non-hydrogen) atoms. The van der Waals surface area contributed by atoms with Crippen molar-refractivity contribution in [1.82, 2.24) is 5.32 Å². The van der Waals surface area contributed by atoms with Crippen molar-refractivity contribution in [3.8, 4) is 0 Å². The van der Waals surface area contributed by atoms with Crippen LogP contribution in [0.1, 0.15) is 11.6 Å². The molecule has 0 aliphatic heterocycles. The second-order valence-electron chi connectivity index (χ2n) is 2.93. The van der Waals surface area contributed by atoms with E-state index >= 15 is 0 Å². The molecule has 0 radical (unpaired) electrons. The average Bonchev–Trinajstić information content (AvgIpc) is 2.10. The lowest BCUT2D eigenvalue weighted by Crippen LogP contribution is -2.31. The van der Waals surface area contributed by atoms with Gasteiger partial charge in [-0.1, -0.05) is 31.9 Å². The quantitative estimate of drug-likeness (QED) is 0.852. The van der Waals surface area contributed by atoms with Crippen molar-refractivity contribution in [3.05, 3.63) is 32.7 Å². The smallest absolute Gasteiger partial charge is 0.306 e. The summed E-state index contributed by atoms with van der Waals surface area (Å²) in [6, 6.07) is 3.04. The number of halogens is 5. The van der Waals surface area contributed by atoms with Crippen LogP contribution in [-0.2, 0) is 0 Å². The molecule has 0 saturated heterocycles. The third-order valence-corrected chi connectivity index (χ3v) is 3.10. The molecule has 6 heteroatoms. The lowest BCUT2D eigenvalue weighted by molar-refractivity contribution is -0.156. The first-order chi connectivity index (χ1) is 6.86. The van der Waals surface area contributed by atoms with E-state index in [1.54, 1.807) is 12.1 Å². The van der Waals surface area contributed by atoms with Crippen LogP contribution >= 0.6 is 31.9 Å². The van der Waals surface area contributed by atoms with Gasteiger partial charge in [0.1, 0.15) is 6.04 Å². The van der Waals surface area contributed by atoms with Gasteiger partial charge in [-0.2, -0.15) is 13.2 Å². The van der Waals surface area contributed by atoms with Gasteiger partial charge in [-0.3, -0.25) is 0 Å². The van der Waals surface area contributed by atoms with Crippen LogP contribution in [0.3, 0.4) is 0 Å². The molecule has 1 N–H and O–H groups in total. The minimum absolute atomic E-state index is 0.166. The molecule has 1 unspecified atom stereocenters. The zero-order valence-corrected chi connectivity index (χ0v) is 10.9. The van der Waals surface area contributed by atoms with Crippen LogP contribution < -0.4 is 5.32 Å². The molecule has 0 aliphatic carbocycles. The molecular weight excluding hydrogens is 339 g/mol. The number of nitrogens with one attached hydrogen (secondary N) is 1. The fraction of sp³-hybridized carbons (Fsp3) is 0.333. The van der Waals surface area contributed by atoms with Gasteiger partial charge in [0.25, 0.3) is 0 Å². The van der Waals surface area contributed by atoms with Crippen molar-refractivity contribution in [1.29, 1.82) is 0 Å². The van der Waals surface area contributed by atoms with Crippen LogP contribution in [0.15, 0.2) is 27.1 Å². The highest BCUT2D eigenvalue weighted by Crippen LogP contribution is 2.37. The van der Waals surface area contributed by atoms with E-state index in [1.807, 2.05) is 0 Å².